The lowest BCUT2D eigenvalue weighted by Crippen LogP contribution is -2.71. The summed E-state index contributed by atoms with van der Waals surface area (Å²) in [4.78, 5) is 26.8. The fourth-order valence-electron chi connectivity index (χ4n) is 8.10. The monoisotopic (exact) mass is 733 g/mol. The molecule has 16 nitrogen and oxygen atoms in total. The molecule has 0 spiro atoms. The van der Waals surface area contributed by atoms with E-state index in [1.165, 1.54) is 0 Å². The van der Waals surface area contributed by atoms with Gasteiger partial charge in [-0.3, -0.25) is 9.59 Å². The van der Waals surface area contributed by atoms with Crippen LogP contribution in [0.2, 0.25) is 0 Å². The van der Waals surface area contributed by atoms with Gasteiger partial charge >= 0.3 is 11.9 Å². The molecule has 0 saturated carbocycles. The molecule has 1 fully saturated rings. The van der Waals surface area contributed by atoms with Gasteiger partial charge in [0.1, 0.15) is 42.3 Å². The fraction of sp³-hybridized carbons (Fsp3) is 0.405. The molecule has 53 heavy (non-hydrogen) atoms. The average molecular weight is 734 g/mol. The number of carbonyl (C=O) groups excluding carboxylic acids is 1. The zero-order chi connectivity index (χ0) is 37.3. The number of fused-ring (bicyclic) bond motifs is 8. The van der Waals surface area contributed by atoms with Crippen LogP contribution in [-0.2, 0) is 25.5 Å². The molecule has 3 aromatic carbocycles. The Bertz CT molecular complexity index is 2100. The van der Waals surface area contributed by atoms with Crippen molar-refractivity contribution in [3.8, 4) is 39.9 Å². The predicted molar refractivity (Wildman–Crippen MR) is 184 cm³/mol. The number of aliphatic hydroxyl groups excluding tert-OH is 2. The molecule has 8 rings (SSSR count). The number of hydrogen-bond donors (Lipinski definition) is 7. The van der Waals surface area contributed by atoms with Crippen LogP contribution in [0.15, 0.2) is 48.7 Å². The number of benzene rings is 3. The number of carboxylic acids is 1. The number of esters is 1. The fourth-order valence-corrected chi connectivity index (χ4v) is 8.10. The second-order valence-electron chi connectivity index (χ2n) is 13.6. The molecule has 1 saturated heterocycles. The van der Waals surface area contributed by atoms with E-state index in [1.807, 2.05) is 42.6 Å². The molecule has 16 heteroatoms. The molecule has 1 aromatic heterocycles. The van der Waals surface area contributed by atoms with E-state index in [-0.39, 0.29) is 31.1 Å². The molecule has 4 aliphatic rings. The number of aliphatic carboxylic acids is 1. The standard InChI is InChI=1S/C37H39N3O13/c1-47-21-8-7-16-19-14-49-23-11-22-17(26(18-13-40-20-6-4-3-5-15(18)20)27(23)29(19)52-30(16)31(21)48-2)9-10-37(46)34(45)28(44)32(53-36(37)50-22)33(35(38)39)51-25(43)12-24(41)42/h3-8,11,13,19,28-29,32-36,40,44-46H,9-10,12,14,38-39H2,1-2H3,(H,41,42)/t19-,28+,29+,32-,33-,34-,36+,37+/m0/s1. The zero-order valence-electron chi connectivity index (χ0n) is 28.7. The first kappa shape index (κ1) is 35.0. The van der Waals surface area contributed by atoms with E-state index in [0.717, 1.165) is 33.2 Å². The van der Waals surface area contributed by atoms with E-state index in [2.05, 4.69) is 4.98 Å². The summed E-state index contributed by atoms with van der Waals surface area (Å²) >= 11 is 0. The third-order valence-electron chi connectivity index (χ3n) is 10.6. The minimum Gasteiger partial charge on any atom is -0.493 e. The number of H-pyrrole nitrogens is 1. The van der Waals surface area contributed by atoms with E-state index in [4.69, 9.17) is 49.7 Å². The number of methoxy groups -OCH3 is 2. The third kappa shape index (κ3) is 5.52. The molecule has 4 aromatic rings. The lowest BCUT2D eigenvalue weighted by Gasteiger charge is -2.48. The van der Waals surface area contributed by atoms with Gasteiger partial charge < -0.3 is 70.0 Å². The number of carboxylic acid groups (broad SMARTS) is 1. The van der Waals surface area contributed by atoms with Gasteiger partial charge in [0, 0.05) is 51.0 Å². The van der Waals surface area contributed by atoms with Gasteiger partial charge in [-0.05, 0) is 25.0 Å². The van der Waals surface area contributed by atoms with Crippen LogP contribution in [0, 0.1) is 0 Å². The Hall–Kier alpha value is -5.10. The third-order valence-corrected chi connectivity index (χ3v) is 10.6. The minimum absolute atomic E-state index is 0.136. The van der Waals surface area contributed by atoms with Crippen LogP contribution in [0.3, 0.4) is 0 Å². The first-order valence-electron chi connectivity index (χ1n) is 17.1. The number of rotatable bonds is 8. The Kier molecular flexibility index (Phi) is 8.63. The molecule has 280 valence electrons. The predicted octanol–water partition coefficient (Wildman–Crippen LogP) is 1.59. The topological polar surface area (TPSA) is 248 Å². The van der Waals surface area contributed by atoms with Gasteiger partial charge in [-0.15, -0.1) is 0 Å². The molecule has 5 heterocycles. The van der Waals surface area contributed by atoms with E-state index in [1.54, 1.807) is 20.3 Å². The highest BCUT2D eigenvalue weighted by atomic mass is 16.7. The van der Waals surface area contributed by atoms with Crippen molar-refractivity contribution in [2.24, 2.45) is 11.5 Å². The molecule has 8 atom stereocenters. The number of ether oxygens (including phenoxy) is 7. The normalized spacial score (nSPS) is 27.4. The van der Waals surface area contributed by atoms with Crippen molar-refractivity contribution < 1.29 is 63.2 Å². The number of aromatic nitrogens is 1. The number of nitrogens with two attached hydrogens (primary N) is 2. The SMILES string of the molecule is COc1ccc2c(c1OC)O[C@H]1c3c(cc4c(c3-c3c[nH]c5ccccc35)CC[C@]3(O)[C@H](O4)O[C@H]([C@H](OC(=O)CC(=O)O)C(N)N)[C@@H](O)[C@@H]3O)OC[C@@H]21. The van der Waals surface area contributed by atoms with Crippen LogP contribution < -0.4 is 35.2 Å². The minimum atomic E-state index is -2.19. The van der Waals surface area contributed by atoms with Crippen LogP contribution in [-0.4, -0.2) is 101 Å². The van der Waals surface area contributed by atoms with Crippen LogP contribution in [0.25, 0.3) is 22.0 Å². The van der Waals surface area contributed by atoms with Gasteiger partial charge in [-0.1, -0.05) is 24.3 Å². The Morgan fingerprint density at radius 2 is 1.87 bits per heavy atom. The number of nitrogens with one attached hydrogen (secondary N) is 1. The van der Waals surface area contributed by atoms with Crippen LogP contribution in [0.4, 0.5) is 0 Å². The van der Waals surface area contributed by atoms with Gasteiger partial charge in [0.25, 0.3) is 0 Å². The van der Waals surface area contributed by atoms with E-state index < -0.39 is 66.9 Å². The van der Waals surface area contributed by atoms with Crippen molar-refractivity contribution in [2.75, 3.05) is 20.8 Å². The summed E-state index contributed by atoms with van der Waals surface area (Å²) in [7, 11) is 3.10. The van der Waals surface area contributed by atoms with Gasteiger partial charge in [-0.2, -0.15) is 0 Å². The summed E-state index contributed by atoms with van der Waals surface area (Å²) in [5.41, 5.74) is 14.3. The molecule has 0 amide bonds. The second-order valence-corrected chi connectivity index (χ2v) is 13.6. The van der Waals surface area contributed by atoms with Gasteiger partial charge in [-0.25, -0.2) is 0 Å². The molecule has 0 aliphatic carbocycles. The van der Waals surface area contributed by atoms with Crippen molar-refractivity contribution in [1.29, 1.82) is 0 Å². The van der Waals surface area contributed by atoms with E-state index >= 15 is 0 Å². The molecular weight excluding hydrogens is 694 g/mol. The highest BCUT2D eigenvalue weighted by Gasteiger charge is 2.60. The van der Waals surface area contributed by atoms with Gasteiger partial charge in [0.2, 0.25) is 12.0 Å². The lowest BCUT2D eigenvalue weighted by atomic mass is 9.79. The molecule has 9 N–H and O–H groups in total. The first-order valence-corrected chi connectivity index (χ1v) is 17.1. The highest BCUT2D eigenvalue weighted by Crippen LogP contribution is 2.60. The molecular formula is C37H39N3O13. The van der Waals surface area contributed by atoms with Crippen molar-refractivity contribution in [2.45, 2.75) is 73.8 Å². The van der Waals surface area contributed by atoms with Crippen LogP contribution in [0.1, 0.15) is 41.6 Å². The number of hydrogen-bond acceptors (Lipinski definition) is 14. The summed E-state index contributed by atoms with van der Waals surface area (Å²) in [6.07, 6.45) is -9.79. The average Bonchev–Trinajstić information content (AvgIpc) is 3.70. The maximum atomic E-state index is 12.3. The summed E-state index contributed by atoms with van der Waals surface area (Å²) in [5, 5.41) is 44.8. The number of carbonyl (C=O) groups is 2. The molecule has 4 aliphatic heterocycles. The number of aliphatic hydroxyl groups is 3. The van der Waals surface area contributed by atoms with Crippen LogP contribution >= 0.6 is 0 Å². The van der Waals surface area contributed by atoms with Crippen molar-refractivity contribution in [3.63, 3.8) is 0 Å². The summed E-state index contributed by atoms with van der Waals surface area (Å²) in [6.45, 7) is 0.251. The Morgan fingerprint density at radius 3 is 2.60 bits per heavy atom. The van der Waals surface area contributed by atoms with Crippen molar-refractivity contribution in [1.82, 2.24) is 4.98 Å². The summed E-state index contributed by atoms with van der Waals surface area (Å²) in [6, 6.07) is 13.2. The highest BCUT2D eigenvalue weighted by molar-refractivity contribution is 5.98. The summed E-state index contributed by atoms with van der Waals surface area (Å²) in [5.74, 6) is -0.646. The lowest BCUT2D eigenvalue weighted by molar-refractivity contribution is -0.329. The number of aromatic amines is 1. The number of para-hydroxylation sites is 1. The van der Waals surface area contributed by atoms with Crippen molar-refractivity contribution in [3.05, 3.63) is 65.4 Å². The van der Waals surface area contributed by atoms with Gasteiger partial charge in [0.05, 0.1) is 32.9 Å². The molecule has 0 unspecified atom stereocenters. The largest absolute Gasteiger partial charge is 0.493 e. The van der Waals surface area contributed by atoms with Crippen molar-refractivity contribution >= 4 is 22.8 Å². The van der Waals surface area contributed by atoms with E-state index in [0.29, 0.717) is 28.6 Å². The van der Waals surface area contributed by atoms with Gasteiger partial charge in [0.15, 0.2) is 23.2 Å². The molecule has 0 bridgehead atoms. The quantitative estimate of drug-likeness (QED) is 0.0772. The molecule has 0 radical (unpaired) electrons. The second kappa shape index (κ2) is 13.1. The maximum absolute atomic E-state index is 12.3. The Morgan fingerprint density at radius 1 is 1.08 bits per heavy atom. The first-order chi connectivity index (χ1) is 25.4. The zero-order valence-corrected chi connectivity index (χ0v) is 28.7. The summed E-state index contributed by atoms with van der Waals surface area (Å²) < 4.78 is 42.3. The Balaban J connectivity index is 1.25. The Labute approximate surface area is 302 Å². The smallest absolute Gasteiger partial charge is 0.317 e. The van der Waals surface area contributed by atoms with Crippen LogP contribution in [0.5, 0.6) is 28.7 Å². The van der Waals surface area contributed by atoms with E-state index in [9.17, 15) is 24.9 Å². The maximum Gasteiger partial charge on any atom is 0.317 e.